The maximum atomic E-state index is 12.9. The highest BCUT2D eigenvalue weighted by Crippen LogP contribution is 2.22. The Morgan fingerprint density at radius 3 is 2.43 bits per heavy atom. The van der Waals surface area contributed by atoms with Gasteiger partial charge in [0.15, 0.2) is 0 Å². The molecule has 0 aliphatic carbocycles. The van der Waals surface area contributed by atoms with Gasteiger partial charge in [-0.25, -0.2) is 9.18 Å². The molecule has 0 spiro atoms. The van der Waals surface area contributed by atoms with Gasteiger partial charge in [-0.15, -0.1) is 0 Å². The monoisotopic (exact) mass is 308 g/mol. The summed E-state index contributed by atoms with van der Waals surface area (Å²) in [4.78, 5) is 11.8. The average molecular weight is 309 g/mol. The second-order valence-electron chi connectivity index (χ2n) is 4.50. The van der Waals surface area contributed by atoms with E-state index in [4.69, 9.17) is 11.6 Å². The molecular formula is C15H14ClFN2O2. The summed E-state index contributed by atoms with van der Waals surface area (Å²) >= 11 is 5.82. The predicted molar refractivity (Wildman–Crippen MR) is 81.1 cm³/mol. The van der Waals surface area contributed by atoms with E-state index in [1.54, 1.807) is 31.2 Å². The third-order valence-corrected chi connectivity index (χ3v) is 3.14. The summed E-state index contributed by atoms with van der Waals surface area (Å²) in [6, 6.07) is 9.99. The standard InChI is InChI=1S/C15H14ClFN2O2/c1-9(20)10-2-5-12(6-3-10)18-15(21)19-14-7-4-11(17)8-13(14)16/h2-9,20H,1H3,(H2,18,19,21). The molecule has 0 aromatic heterocycles. The largest absolute Gasteiger partial charge is 0.389 e. The first-order valence-corrected chi connectivity index (χ1v) is 6.64. The van der Waals surface area contributed by atoms with E-state index in [1.165, 1.54) is 12.1 Å². The Balaban J connectivity index is 2.01. The van der Waals surface area contributed by atoms with Gasteiger partial charge in [-0.1, -0.05) is 23.7 Å². The lowest BCUT2D eigenvalue weighted by Gasteiger charge is -2.10. The Bertz CT molecular complexity index is 645. The highest BCUT2D eigenvalue weighted by atomic mass is 35.5. The topological polar surface area (TPSA) is 61.4 Å². The molecule has 2 aromatic rings. The maximum absolute atomic E-state index is 12.9. The number of hydrogen-bond acceptors (Lipinski definition) is 2. The Morgan fingerprint density at radius 1 is 1.19 bits per heavy atom. The molecule has 0 radical (unpaired) electrons. The first kappa shape index (κ1) is 15.3. The minimum Gasteiger partial charge on any atom is -0.389 e. The van der Waals surface area contributed by atoms with Crippen LogP contribution in [0.5, 0.6) is 0 Å². The van der Waals surface area contributed by atoms with Gasteiger partial charge in [-0.05, 0) is 42.8 Å². The molecule has 0 aliphatic rings. The van der Waals surface area contributed by atoms with Crippen LogP contribution in [0.25, 0.3) is 0 Å². The van der Waals surface area contributed by atoms with Gasteiger partial charge in [0.1, 0.15) is 5.82 Å². The van der Waals surface area contributed by atoms with Gasteiger partial charge in [0.05, 0.1) is 16.8 Å². The van der Waals surface area contributed by atoms with E-state index in [0.717, 1.165) is 11.6 Å². The molecule has 110 valence electrons. The van der Waals surface area contributed by atoms with E-state index in [9.17, 15) is 14.3 Å². The number of benzene rings is 2. The molecule has 0 bridgehead atoms. The molecule has 21 heavy (non-hydrogen) atoms. The molecule has 6 heteroatoms. The molecule has 0 heterocycles. The SMILES string of the molecule is CC(O)c1ccc(NC(=O)Nc2ccc(F)cc2Cl)cc1. The van der Waals surface area contributed by atoms with Crippen molar-refractivity contribution in [2.45, 2.75) is 13.0 Å². The van der Waals surface area contributed by atoms with Crippen molar-refractivity contribution in [1.82, 2.24) is 0 Å². The first-order valence-electron chi connectivity index (χ1n) is 6.27. The molecule has 0 saturated carbocycles. The second-order valence-corrected chi connectivity index (χ2v) is 4.91. The molecule has 2 amide bonds. The quantitative estimate of drug-likeness (QED) is 0.796. The fourth-order valence-electron chi connectivity index (χ4n) is 1.72. The molecular weight excluding hydrogens is 295 g/mol. The number of aliphatic hydroxyl groups excluding tert-OH is 1. The molecule has 2 rings (SSSR count). The fraction of sp³-hybridized carbons (Fsp3) is 0.133. The third kappa shape index (κ3) is 4.18. The number of hydrogen-bond donors (Lipinski definition) is 3. The Labute approximate surface area is 126 Å². The summed E-state index contributed by atoms with van der Waals surface area (Å²) in [5, 5.41) is 14.7. The fourth-order valence-corrected chi connectivity index (χ4v) is 1.93. The van der Waals surface area contributed by atoms with Gasteiger partial charge in [0.25, 0.3) is 0 Å². The van der Waals surface area contributed by atoms with Crippen LogP contribution in [0.1, 0.15) is 18.6 Å². The minimum absolute atomic E-state index is 0.120. The number of halogens is 2. The van der Waals surface area contributed by atoms with Crippen molar-refractivity contribution in [3.8, 4) is 0 Å². The lowest BCUT2D eigenvalue weighted by molar-refractivity contribution is 0.199. The zero-order valence-corrected chi connectivity index (χ0v) is 12.0. The molecule has 4 nitrogen and oxygen atoms in total. The van der Waals surface area contributed by atoms with E-state index < -0.39 is 18.0 Å². The highest BCUT2D eigenvalue weighted by Gasteiger charge is 2.07. The molecule has 0 fully saturated rings. The summed E-state index contributed by atoms with van der Waals surface area (Å²) in [5.41, 5.74) is 1.63. The zero-order chi connectivity index (χ0) is 15.4. The molecule has 0 saturated heterocycles. The summed E-state index contributed by atoms with van der Waals surface area (Å²) in [6.07, 6.45) is -0.564. The van der Waals surface area contributed by atoms with Gasteiger partial charge in [-0.3, -0.25) is 0 Å². The van der Waals surface area contributed by atoms with Crippen LogP contribution in [0.15, 0.2) is 42.5 Å². The smallest absolute Gasteiger partial charge is 0.323 e. The van der Waals surface area contributed by atoms with Crippen molar-refractivity contribution < 1.29 is 14.3 Å². The summed E-state index contributed by atoms with van der Waals surface area (Å²) in [6.45, 7) is 1.66. The minimum atomic E-state index is -0.564. The Kier molecular flexibility index (Phi) is 4.77. The number of amides is 2. The zero-order valence-electron chi connectivity index (χ0n) is 11.2. The summed E-state index contributed by atoms with van der Waals surface area (Å²) in [7, 11) is 0. The van der Waals surface area contributed by atoms with Crippen LogP contribution in [-0.2, 0) is 0 Å². The van der Waals surface area contributed by atoms with Gasteiger partial charge in [0, 0.05) is 5.69 Å². The summed E-state index contributed by atoms with van der Waals surface area (Å²) < 4.78 is 12.9. The summed E-state index contributed by atoms with van der Waals surface area (Å²) in [5.74, 6) is -0.473. The van der Waals surface area contributed by atoms with Gasteiger partial charge >= 0.3 is 6.03 Å². The third-order valence-electron chi connectivity index (χ3n) is 2.83. The second kappa shape index (κ2) is 6.56. The van der Waals surface area contributed by atoms with Crippen LogP contribution in [0.3, 0.4) is 0 Å². The maximum Gasteiger partial charge on any atom is 0.323 e. The first-order chi connectivity index (χ1) is 9.95. The van der Waals surface area contributed by atoms with Gasteiger partial charge in [0.2, 0.25) is 0 Å². The Hall–Kier alpha value is -2.11. The van der Waals surface area contributed by atoms with Crippen LogP contribution in [0.4, 0.5) is 20.6 Å². The van der Waals surface area contributed by atoms with Crippen LogP contribution < -0.4 is 10.6 Å². The van der Waals surface area contributed by atoms with Gasteiger partial charge in [-0.2, -0.15) is 0 Å². The van der Waals surface area contributed by atoms with Crippen molar-refractivity contribution >= 4 is 29.0 Å². The van der Waals surface area contributed by atoms with E-state index in [0.29, 0.717) is 11.4 Å². The van der Waals surface area contributed by atoms with E-state index >= 15 is 0 Å². The number of urea groups is 1. The van der Waals surface area contributed by atoms with Gasteiger partial charge < -0.3 is 15.7 Å². The number of anilines is 2. The lowest BCUT2D eigenvalue weighted by Crippen LogP contribution is -2.19. The number of rotatable bonds is 3. The number of carbonyl (C=O) groups excluding carboxylic acids is 1. The van der Waals surface area contributed by atoms with Crippen molar-refractivity contribution in [2.24, 2.45) is 0 Å². The van der Waals surface area contributed by atoms with Crippen molar-refractivity contribution in [1.29, 1.82) is 0 Å². The molecule has 2 aromatic carbocycles. The van der Waals surface area contributed by atoms with Crippen LogP contribution in [0.2, 0.25) is 5.02 Å². The number of nitrogens with one attached hydrogen (secondary N) is 2. The van der Waals surface area contributed by atoms with Crippen molar-refractivity contribution in [3.63, 3.8) is 0 Å². The molecule has 1 unspecified atom stereocenters. The number of carbonyl (C=O) groups is 1. The average Bonchev–Trinajstić information content (AvgIpc) is 2.42. The van der Waals surface area contributed by atoms with E-state index in [1.807, 2.05) is 0 Å². The lowest BCUT2D eigenvalue weighted by atomic mass is 10.1. The molecule has 0 aliphatic heterocycles. The predicted octanol–water partition coefficient (Wildman–Crippen LogP) is 4.18. The highest BCUT2D eigenvalue weighted by molar-refractivity contribution is 6.33. The van der Waals surface area contributed by atoms with Crippen molar-refractivity contribution in [2.75, 3.05) is 10.6 Å². The van der Waals surface area contributed by atoms with Crippen LogP contribution in [-0.4, -0.2) is 11.1 Å². The number of aliphatic hydroxyl groups is 1. The molecule has 3 N–H and O–H groups in total. The van der Waals surface area contributed by atoms with E-state index in [-0.39, 0.29) is 5.02 Å². The normalized spacial score (nSPS) is 11.8. The molecule has 1 atom stereocenters. The van der Waals surface area contributed by atoms with E-state index in [2.05, 4.69) is 10.6 Å². The van der Waals surface area contributed by atoms with Crippen molar-refractivity contribution in [3.05, 3.63) is 58.9 Å². The van der Waals surface area contributed by atoms with Crippen LogP contribution in [0, 0.1) is 5.82 Å². The Morgan fingerprint density at radius 2 is 1.86 bits per heavy atom. The van der Waals surface area contributed by atoms with Crippen LogP contribution >= 0.6 is 11.6 Å².